The van der Waals surface area contributed by atoms with Gasteiger partial charge >= 0.3 is 12.3 Å². The van der Waals surface area contributed by atoms with Crippen molar-refractivity contribution in [2.24, 2.45) is 0 Å². The summed E-state index contributed by atoms with van der Waals surface area (Å²) in [5.41, 5.74) is 2.15. The number of rotatable bonds is 9. The highest BCUT2D eigenvalue weighted by molar-refractivity contribution is 5.70. The maximum atomic E-state index is 12.4. The van der Waals surface area contributed by atoms with Gasteiger partial charge in [-0.25, -0.2) is 9.78 Å². The first kappa shape index (κ1) is 22.7. The lowest BCUT2D eigenvalue weighted by atomic mass is 10.1. The predicted octanol–water partition coefficient (Wildman–Crippen LogP) is 4.73. The maximum absolute atomic E-state index is 12.4. The van der Waals surface area contributed by atoms with E-state index in [2.05, 4.69) is 15.0 Å². The van der Waals surface area contributed by atoms with Crippen LogP contribution in [0.5, 0.6) is 17.2 Å². The Balaban J connectivity index is 1.65. The highest BCUT2D eigenvalue weighted by Crippen LogP contribution is 2.32. The molecular weight excluding hydrogens is 429 g/mol. The van der Waals surface area contributed by atoms with Gasteiger partial charge in [-0.3, -0.25) is 0 Å². The van der Waals surface area contributed by atoms with Crippen molar-refractivity contribution in [3.8, 4) is 28.4 Å². The molecule has 1 heterocycles. The average Bonchev–Trinajstić information content (AvgIpc) is 2.75. The highest BCUT2D eigenvalue weighted by Gasteiger charge is 2.31. The van der Waals surface area contributed by atoms with Gasteiger partial charge in [0, 0.05) is 18.3 Å². The minimum absolute atomic E-state index is 0.255. The number of alkyl halides is 3. The van der Waals surface area contributed by atoms with Crippen LogP contribution in [0.2, 0.25) is 0 Å². The molecule has 0 spiro atoms. The van der Waals surface area contributed by atoms with Gasteiger partial charge in [-0.2, -0.15) is 0 Å². The molecule has 1 aromatic heterocycles. The summed E-state index contributed by atoms with van der Waals surface area (Å²) >= 11 is 0. The smallest absolute Gasteiger partial charge is 0.493 e. The molecule has 0 bridgehead atoms. The molecule has 3 rings (SSSR count). The van der Waals surface area contributed by atoms with Crippen LogP contribution in [-0.4, -0.2) is 36.1 Å². The first-order valence-corrected chi connectivity index (χ1v) is 9.31. The van der Waals surface area contributed by atoms with E-state index in [0.717, 1.165) is 11.1 Å². The topological polar surface area (TPSA) is 89.9 Å². The van der Waals surface area contributed by atoms with Crippen molar-refractivity contribution >= 4 is 11.8 Å². The lowest BCUT2D eigenvalue weighted by molar-refractivity contribution is -0.274. The number of aliphatic carboxylic acids is 1. The van der Waals surface area contributed by atoms with Crippen LogP contribution in [0, 0.1) is 0 Å². The van der Waals surface area contributed by atoms with Crippen molar-refractivity contribution in [3.63, 3.8) is 0 Å². The number of aromatic nitrogens is 1. The molecule has 7 nitrogen and oxygen atoms in total. The van der Waals surface area contributed by atoms with E-state index < -0.39 is 18.9 Å². The zero-order chi connectivity index (χ0) is 23.1. The molecule has 2 N–H and O–H groups in total. The lowest BCUT2D eigenvalue weighted by Crippen LogP contribution is -2.17. The normalized spacial score (nSPS) is 11.0. The van der Waals surface area contributed by atoms with Crippen LogP contribution >= 0.6 is 0 Å². The Morgan fingerprint density at radius 2 is 1.84 bits per heavy atom. The molecule has 0 unspecified atom stereocenters. The van der Waals surface area contributed by atoms with Crippen LogP contribution < -0.4 is 19.5 Å². The van der Waals surface area contributed by atoms with E-state index in [1.807, 2.05) is 6.07 Å². The van der Waals surface area contributed by atoms with Crippen molar-refractivity contribution in [2.75, 3.05) is 19.0 Å². The molecule has 0 radical (unpaired) electrons. The average molecular weight is 448 g/mol. The molecule has 168 valence electrons. The number of nitrogens with zero attached hydrogens (tertiary/aromatic N) is 1. The summed E-state index contributed by atoms with van der Waals surface area (Å²) in [6.45, 7) is -0.228. The van der Waals surface area contributed by atoms with E-state index in [0.29, 0.717) is 22.9 Å². The number of carboxylic acids is 1. The van der Waals surface area contributed by atoms with Gasteiger partial charge in [0.05, 0.1) is 7.11 Å². The molecule has 10 heteroatoms. The Morgan fingerprint density at radius 3 is 2.50 bits per heavy atom. The number of methoxy groups -OCH3 is 1. The summed E-state index contributed by atoms with van der Waals surface area (Å²) in [7, 11) is 1.45. The van der Waals surface area contributed by atoms with Crippen LogP contribution in [0.15, 0.2) is 60.8 Å². The summed E-state index contributed by atoms with van der Waals surface area (Å²) in [4.78, 5) is 15.0. The molecule has 0 aliphatic heterocycles. The molecule has 0 fully saturated rings. The molecular formula is C22H19F3N2O5. The number of benzene rings is 2. The zero-order valence-electron chi connectivity index (χ0n) is 16.8. The third-order valence-corrected chi connectivity index (χ3v) is 4.22. The van der Waals surface area contributed by atoms with Crippen LogP contribution in [0.25, 0.3) is 11.1 Å². The van der Waals surface area contributed by atoms with Crippen molar-refractivity contribution in [1.82, 2.24) is 4.98 Å². The Hall–Kier alpha value is -3.95. The molecule has 0 amide bonds. The number of hydrogen-bond donors (Lipinski definition) is 2. The number of halogens is 3. The first-order valence-electron chi connectivity index (χ1n) is 9.31. The molecule has 0 atom stereocenters. The fourth-order valence-electron chi connectivity index (χ4n) is 2.82. The number of hydrogen-bond acceptors (Lipinski definition) is 6. The second-order valence-corrected chi connectivity index (χ2v) is 6.53. The Morgan fingerprint density at radius 1 is 1.06 bits per heavy atom. The maximum Gasteiger partial charge on any atom is 0.573 e. The van der Waals surface area contributed by atoms with Crippen LogP contribution in [0.4, 0.5) is 19.0 Å². The summed E-state index contributed by atoms with van der Waals surface area (Å²) in [6, 6.07) is 14.3. The standard InChI is InChI=1S/C22H19F3N2O5/c1-30-19-10-15(5-7-18(19)31-13-21(28)29)16-6-8-20(27-12-16)26-11-14-3-2-4-17(9-14)32-22(23,24)25/h2-10,12H,11,13H2,1H3,(H,26,27)(H,28,29). The van der Waals surface area contributed by atoms with Crippen molar-refractivity contribution < 1.29 is 37.3 Å². The Labute approximate surface area is 181 Å². The van der Waals surface area contributed by atoms with Gasteiger partial charge in [0.2, 0.25) is 0 Å². The SMILES string of the molecule is COc1cc(-c2ccc(NCc3cccc(OC(F)(F)F)c3)nc2)ccc1OCC(=O)O. The first-order chi connectivity index (χ1) is 15.2. The van der Waals surface area contributed by atoms with E-state index >= 15 is 0 Å². The van der Waals surface area contributed by atoms with Crippen LogP contribution in [0.3, 0.4) is 0 Å². The second-order valence-electron chi connectivity index (χ2n) is 6.53. The zero-order valence-corrected chi connectivity index (χ0v) is 16.8. The fraction of sp³-hybridized carbons (Fsp3) is 0.182. The van der Waals surface area contributed by atoms with E-state index in [9.17, 15) is 18.0 Å². The Kier molecular flexibility index (Phi) is 7.04. The number of carbonyl (C=O) groups is 1. The number of nitrogens with one attached hydrogen (secondary N) is 1. The summed E-state index contributed by atoms with van der Waals surface area (Å²) < 4.78 is 51.4. The van der Waals surface area contributed by atoms with Gasteiger partial charge in [0.1, 0.15) is 11.6 Å². The fourth-order valence-corrected chi connectivity index (χ4v) is 2.82. The highest BCUT2D eigenvalue weighted by atomic mass is 19.4. The van der Waals surface area contributed by atoms with Gasteiger partial charge in [0.25, 0.3) is 0 Å². The van der Waals surface area contributed by atoms with Crippen molar-refractivity contribution in [1.29, 1.82) is 0 Å². The van der Waals surface area contributed by atoms with E-state index in [4.69, 9.17) is 14.6 Å². The molecule has 2 aromatic carbocycles. The van der Waals surface area contributed by atoms with Gasteiger partial charge in [0.15, 0.2) is 18.1 Å². The van der Waals surface area contributed by atoms with Gasteiger partial charge in [-0.05, 0) is 47.5 Å². The quantitative estimate of drug-likeness (QED) is 0.489. The number of pyridine rings is 1. The van der Waals surface area contributed by atoms with Gasteiger partial charge < -0.3 is 24.6 Å². The molecule has 0 aliphatic rings. The minimum atomic E-state index is -4.74. The minimum Gasteiger partial charge on any atom is -0.493 e. The van der Waals surface area contributed by atoms with Gasteiger partial charge in [-0.15, -0.1) is 13.2 Å². The Bertz CT molecular complexity index is 1070. The van der Waals surface area contributed by atoms with Crippen molar-refractivity contribution in [3.05, 3.63) is 66.4 Å². The molecule has 32 heavy (non-hydrogen) atoms. The van der Waals surface area contributed by atoms with Crippen molar-refractivity contribution in [2.45, 2.75) is 12.9 Å². The summed E-state index contributed by atoms with van der Waals surface area (Å²) in [5.74, 6) is -0.161. The van der Waals surface area contributed by atoms with Crippen LogP contribution in [0.1, 0.15) is 5.56 Å². The lowest BCUT2D eigenvalue weighted by Gasteiger charge is -2.12. The predicted molar refractivity (Wildman–Crippen MR) is 110 cm³/mol. The summed E-state index contributed by atoms with van der Waals surface area (Å²) in [6.07, 6.45) is -3.12. The number of anilines is 1. The number of carboxylic acid groups (broad SMARTS) is 1. The molecule has 3 aromatic rings. The largest absolute Gasteiger partial charge is 0.573 e. The van der Waals surface area contributed by atoms with E-state index in [-0.39, 0.29) is 12.3 Å². The van der Waals surface area contributed by atoms with E-state index in [1.165, 1.54) is 25.3 Å². The molecule has 0 aliphatic carbocycles. The monoisotopic (exact) mass is 448 g/mol. The second kappa shape index (κ2) is 9.90. The van der Waals surface area contributed by atoms with Crippen LogP contribution in [-0.2, 0) is 11.3 Å². The molecule has 0 saturated carbocycles. The van der Waals surface area contributed by atoms with E-state index in [1.54, 1.807) is 36.5 Å². The van der Waals surface area contributed by atoms with Gasteiger partial charge in [-0.1, -0.05) is 18.2 Å². The number of ether oxygens (including phenoxy) is 3. The third-order valence-electron chi connectivity index (χ3n) is 4.22. The third kappa shape index (κ3) is 6.53. The summed E-state index contributed by atoms with van der Waals surface area (Å²) in [5, 5.41) is 11.8. The molecule has 0 saturated heterocycles.